The number of likely N-dealkylation sites (N-methyl/N-ethyl adjacent to an activating group) is 1. The van der Waals surface area contributed by atoms with Gasteiger partial charge < -0.3 is 29.5 Å². The van der Waals surface area contributed by atoms with Crippen LogP contribution < -0.4 is 14.8 Å². The molecular formula is C30H42N4O8S. The van der Waals surface area contributed by atoms with E-state index >= 15 is 0 Å². The maximum Gasteiger partial charge on any atom is 0.258 e. The number of nitrogens with zero attached hydrogens (tertiary/aromatic N) is 3. The van der Waals surface area contributed by atoms with Gasteiger partial charge in [-0.3, -0.25) is 14.5 Å². The molecule has 0 bridgehead atoms. The molecule has 0 radical (unpaired) electrons. The molecule has 2 aromatic rings. The van der Waals surface area contributed by atoms with Crippen LogP contribution in [0.3, 0.4) is 0 Å². The van der Waals surface area contributed by atoms with Crippen molar-refractivity contribution in [3.05, 3.63) is 48.0 Å². The highest BCUT2D eigenvalue weighted by atomic mass is 32.2. The van der Waals surface area contributed by atoms with Crippen molar-refractivity contribution in [3.63, 3.8) is 0 Å². The van der Waals surface area contributed by atoms with Crippen molar-refractivity contribution < 1.29 is 37.3 Å². The van der Waals surface area contributed by atoms with Crippen LogP contribution in [0.1, 0.15) is 30.6 Å². The van der Waals surface area contributed by atoms with E-state index in [1.54, 1.807) is 42.2 Å². The zero-order valence-corrected chi connectivity index (χ0v) is 26.0. The third-order valence-electron chi connectivity index (χ3n) is 7.91. The number of rotatable bonds is 11. The number of nitrogens with one attached hydrogen (secondary N) is 1. The number of morpholine rings is 1. The topological polar surface area (TPSA) is 138 Å². The number of hydrogen-bond donors (Lipinski definition) is 2. The van der Waals surface area contributed by atoms with Gasteiger partial charge in [0.25, 0.3) is 5.91 Å². The van der Waals surface area contributed by atoms with E-state index in [1.165, 1.54) is 30.6 Å². The molecule has 4 rings (SSSR count). The fourth-order valence-corrected chi connectivity index (χ4v) is 6.29. The number of carbonyl (C=O) groups is 2. The second-order valence-electron chi connectivity index (χ2n) is 11.0. The van der Waals surface area contributed by atoms with Crippen LogP contribution in [-0.4, -0.2) is 118 Å². The van der Waals surface area contributed by atoms with Crippen LogP contribution in [0.5, 0.6) is 11.5 Å². The molecule has 12 nitrogen and oxygen atoms in total. The number of carbonyl (C=O) groups excluding carboxylic acids is 2. The fourth-order valence-electron chi connectivity index (χ4n) is 5.11. The van der Waals surface area contributed by atoms with Crippen molar-refractivity contribution in [1.29, 1.82) is 0 Å². The van der Waals surface area contributed by atoms with Crippen LogP contribution in [0.25, 0.3) is 0 Å². The average molecular weight is 619 g/mol. The molecule has 2 aliphatic rings. The predicted octanol–water partition coefficient (Wildman–Crippen LogP) is 1.90. The highest BCUT2D eigenvalue weighted by molar-refractivity contribution is 7.89. The van der Waals surface area contributed by atoms with Crippen molar-refractivity contribution in [2.45, 2.75) is 37.3 Å². The first-order valence-corrected chi connectivity index (χ1v) is 15.9. The molecule has 0 aromatic heterocycles. The van der Waals surface area contributed by atoms with E-state index in [2.05, 4.69) is 10.2 Å². The summed E-state index contributed by atoms with van der Waals surface area (Å²) in [7, 11) is -0.845. The second kappa shape index (κ2) is 14.5. The zero-order chi connectivity index (χ0) is 31.1. The molecule has 0 unspecified atom stereocenters. The molecule has 13 heteroatoms. The third-order valence-corrected chi connectivity index (χ3v) is 9.75. The van der Waals surface area contributed by atoms with E-state index in [0.717, 1.165) is 13.1 Å². The number of aliphatic hydroxyl groups is 1. The summed E-state index contributed by atoms with van der Waals surface area (Å²) in [5, 5.41) is 12.8. The van der Waals surface area contributed by atoms with Gasteiger partial charge in [0, 0.05) is 51.3 Å². The largest absolute Gasteiger partial charge is 0.497 e. The van der Waals surface area contributed by atoms with Crippen molar-refractivity contribution in [3.8, 4) is 11.5 Å². The second-order valence-corrected chi connectivity index (χ2v) is 13.1. The van der Waals surface area contributed by atoms with Crippen LogP contribution in [0.15, 0.2) is 47.4 Å². The summed E-state index contributed by atoms with van der Waals surface area (Å²) >= 11 is 0. The highest BCUT2D eigenvalue weighted by Gasteiger charge is 2.35. The van der Waals surface area contributed by atoms with Crippen molar-refractivity contribution in [2.75, 3.05) is 72.0 Å². The third kappa shape index (κ3) is 8.03. The number of ether oxygens (including phenoxy) is 3. The molecule has 2 aromatic carbocycles. The average Bonchev–Trinajstić information content (AvgIpc) is 3.02. The summed E-state index contributed by atoms with van der Waals surface area (Å²) < 4.78 is 44.8. The number of hydrogen-bond acceptors (Lipinski definition) is 9. The fraction of sp³-hybridized carbons (Fsp3) is 0.533. The molecule has 2 heterocycles. The van der Waals surface area contributed by atoms with E-state index in [-0.39, 0.29) is 53.6 Å². The molecule has 2 N–H and O–H groups in total. The van der Waals surface area contributed by atoms with Crippen LogP contribution in [0.2, 0.25) is 0 Å². The zero-order valence-electron chi connectivity index (χ0n) is 25.2. The molecule has 1 saturated heterocycles. The summed E-state index contributed by atoms with van der Waals surface area (Å²) in [5.41, 5.74) is 0.674. The van der Waals surface area contributed by atoms with Crippen LogP contribution in [0, 0.1) is 5.92 Å². The molecule has 2 aliphatic heterocycles. The van der Waals surface area contributed by atoms with Crippen molar-refractivity contribution in [2.24, 2.45) is 5.92 Å². The summed E-state index contributed by atoms with van der Waals surface area (Å²) in [6.07, 6.45) is -0.323. The number of sulfonamides is 1. The molecule has 1 fully saturated rings. The number of anilines is 1. The number of methoxy groups -OCH3 is 1. The molecule has 3 atom stereocenters. The van der Waals surface area contributed by atoms with Gasteiger partial charge in [0.15, 0.2) is 0 Å². The van der Waals surface area contributed by atoms with E-state index in [1.807, 2.05) is 6.92 Å². The van der Waals surface area contributed by atoms with E-state index in [0.29, 0.717) is 37.6 Å². The summed E-state index contributed by atoms with van der Waals surface area (Å²) in [4.78, 5) is 30.3. The number of benzene rings is 2. The van der Waals surface area contributed by atoms with Gasteiger partial charge in [-0.05, 0) is 49.4 Å². The lowest BCUT2D eigenvalue weighted by Gasteiger charge is -2.38. The Hall–Kier alpha value is -3.23. The molecule has 0 spiro atoms. The number of amides is 2. The normalized spacial score (nSPS) is 20.5. The van der Waals surface area contributed by atoms with Crippen molar-refractivity contribution in [1.82, 2.24) is 14.1 Å². The molecule has 43 heavy (non-hydrogen) atoms. The smallest absolute Gasteiger partial charge is 0.258 e. The first-order chi connectivity index (χ1) is 20.5. The van der Waals surface area contributed by atoms with Crippen LogP contribution >= 0.6 is 0 Å². The summed E-state index contributed by atoms with van der Waals surface area (Å²) in [6.45, 7) is 7.12. The van der Waals surface area contributed by atoms with Gasteiger partial charge in [-0.2, -0.15) is 4.31 Å². The van der Waals surface area contributed by atoms with Crippen LogP contribution in [0.4, 0.5) is 5.69 Å². The lowest BCUT2D eigenvalue weighted by molar-refractivity contribution is -0.116. The number of fused-ring (bicyclic) bond motifs is 1. The first-order valence-electron chi connectivity index (χ1n) is 14.5. The van der Waals surface area contributed by atoms with Gasteiger partial charge in [-0.15, -0.1) is 0 Å². The Bertz CT molecular complexity index is 1360. The molecule has 0 saturated carbocycles. The Morgan fingerprint density at radius 1 is 1.19 bits per heavy atom. The maximum atomic E-state index is 13.7. The van der Waals surface area contributed by atoms with Gasteiger partial charge in [-0.1, -0.05) is 6.92 Å². The lowest BCUT2D eigenvalue weighted by atomic mass is 9.99. The minimum Gasteiger partial charge on any atom is -0.497 e. The van der Waals surface area contributed by atoms with Gasteiger partial charge in [0.05, 0.1) is 50.0 Å². The monoisotopic (exact) mass is 618 g/mol. The Labute approximate surface area is 253 Å². The highest BCUT2D eigenvalue weighted by Crippen LogP contribution is 2.31. The summed E-state index contributed by atoms with van der Waals surface area (Å²) in [5.74, 6) is 0.0246. The van der Waals surface area contributed by atoms with E-state index < -0.39 is 22.2 Å². The minimum absolute atomic E-state index is 0.0184. The minimum atomic E-state index is -3.85. The Morgan fingerprint density at radius 3 is 2.53 bits per heavy atom. The van der Waals surface area contributed by atoms with Crippen LogP contribution in [-0.2, 0) is 19.6 Å². The van der Waals surface area contributed by atoms with Crippen molar-refractivity contribution >= 4 is 27.5 Å². The van der Waals surface area contributed by atoms with E-state index in [9.17, 15) is 23.1 Å². The van der Waals surface area contributed by atoms with Gasteiger partial charge in [0.2, 0.25) is 15.9 Å². The van der Waals surface area contributed by atoms with E-state index in [4.69, 9.17) is 14.2 Å². The lowest BCUT2D eigenvalue weighted by Crippen LogP contribution is -2.50. The Kier molecular flexibility index (Phi) is 11.0. The Morgan fingerprint density at radius 2 is 1.88 bits per heavy atom. The number of aliphatic hydroxyl groups excluding tert-OH is 1. The van der Waals surface area contributed by atoms with Gasteiger partial charge in [0.1, 0.15) is 17.6 Å². The summed E-state index contributed by atoms with van der Waals surface area (Å²) in [6, 6.07) is 10.5. The molecule has 2 amide bonds. The quantitative estimate of drug-likeness (QED) is 0.387. The predicted molar refractivity (Wildman–Crippen MR) is 161 cm³/mol. The molecule has 0 aliphatic carbocycles. The first kappa shape index (κ1) is 32.7. The van der Waals surface area contributed by atoms with Gasteiger partial charge >= 0.3 is 0 Å². The SMILES string of the molecule is COc1ccc(S(=O)(=O)N(C)C[C@@H]2Oc3ccc(NC(=O)CCN4CCOCC4)cc3C(=O)N([C@@H](C)CO)C[C@@H]2C)cc1. The standard InChI is InChI=1S/C30H42N4O8S/c1-21-18-34(22(2)20-35)30(37)26-17-23(31-29(36)11-12-33-13-15-41-16-14-33)5-10-27(26)42-28(21)19-32(3)43(38,39)25-8-6-24(40-4)7-9-25/h5-10,17,21-22,28,35H,11-16,18-20H2,1-4H3,(H,31,36)/t21-,22-,28-/m0/s1. The van der Waals surface area contributed by atoms with Gasteiger partial charge in [-0.25, -0.2) is 8.42 Å². The maximum absolute atomic E-state index is 13.7. The molecule has 236 valence electrons. The Balaban J connectivity index is 1.55. The molecular weight excluding hydrogens is 576 g/mol.